The first kappa shape index (κ1) is 20.1. The van der Waals surface area contributed by atoms with E-state index in [0.717, 1.165) is 43.5 Å². The average Bonchev–Trinajstić information content (AvgIpc) is 3.36. The number of pyridine rings is 2. The van der Waals surface area contributed by atoms with Gasteiger partial charge in [0.2, 0.25) is 0 Å². The average molecular weight is 462 g/mol. The third kappa shape index (κ3) is 3.83. The van der Waals surface area contributed by atoms with E-state index in [1.807, 2.05) is 30.6 Å². The minimum Gasteiger partial charge on any atom is -0.319 e. The van der Waals surface area contributed by atoms with Crippen LogP contribution in [0.5, 0.6) is 0 Å². The summed E-state index contributed by atoms with van der Waals surface area (Å²) in [4.78, 5) is 15.3. The molecule has 146 valence electrons. The number of fused-ring (bicyclic) bond motifs is 6. The predicted molar refractivity (Wildman–Crippen MR) is 125 cm³/mol. The Morgan fingerprint density at radius 2 is 1.62 bits per heavy atom. The first-order valence-electron chi connectivity index (χ1n) is 8.70. The van der Waals surface area contributed by atoms with Gasteiger partial charge in [-0.1, -0.05) is 46.9 Å². The largest absolute Gasteiger partial charge is 0.319 e. The van der Waals surface area contributed by atoms with Crippen LogP contribution in [0.3, 0.4) is 0 Å². The van der Waals surface area contributed by atoms with Crippen LogP contribution in [0.4, 0.5) is 0 Å². The molecule has 1 aromatic carbocycles. The maximum absolute atomic E-state index is 5.01. The summed E-state index contributed by atoms with van der Waals surface area (Å²) in [5.41, 5.74) is 3.86. The molecule has 0 spiro atoms. The van der Waals surface area contributed by atoms with Crippen molar-refractivity contribution in [3.05, 3.63) is 66.8 Å². The predicted octanol–water partition coefficient (Wildman–Crippen LogP) is 7.03. The molecule has 0 N–H and O–H groups in total. The molecule has 0 atom stereocenters. The molecule has 0 radical (unpaired) electrons. The zero-order valence-electron chi connectivity index (χ0n) is 15.1. The second kappa shape index (κ2) is 8.67. The highest BCUT2D eigenvalue weighted by molar-refractivity contribution is 7.13. The fraction of sp³-hybridized carbons (Fsp3) is 0.0952. The monoisotopic (exact) mass is 460 g/mol. The summed E-state index contributed by atoms with van der Waals surface area (Å²) in [5.74, 6) is 0.964. The number of thiophene rings is 1. The van der Waals surface area contributed by atoms with Gasteiger partial charge in [-0.3, -0.25) is 9.97 Å². The van der Waals surface area contributed by atoms with Crippen molar-refractivity contribution in [1.29, 1.82) is 0 Å². The molecule has 4 aromatic heterocycles. The molecule has 0 fully saturated rings. The van der Waals surface area contributed by atoms with Crippen LogP contribution in [-0.2, 0) is 6.54 Å². The molecular weight excluding hydrogens is 447 g/mol. The standard InChI is InChI=1S/C20H14N4S.CHCl3/c1-2-11-24-19-14-7-4-10-22-17(14)16-13(6-3-9-21-16)18(19)23-20(24)15-8-5-12-25-15;2-1(3)4/h2-10,12H,1,11H2;1H. The minimum absolute atomic E-state index is 0.694. The number of halogens is 3. The van der Waals surface area contributed by atoms with Crippen molar-refractivity contribution in [1.82, 2.24) is 19.5 Å². The first-order valence-corrected chi connectivity index (χ1v) is 10.9. The van der Waals surface area contributed by atoms with Gasteiger partial charge in [0.1, 0.15) is 0 Å². The first-order chi connectivity index (χ1) is 14.1. The van der Waals surface area contributed by atoms with E-state index in [9.17, 15) is 0 Å². The quantitative estimate of drug-likeness (QED) is 0.164. The van der Waals surface area contributed by atoms with E-state index in [1.54, 1.807) is 11.3 Å². The van der Waals surface area contributed by atoms with Crippen molar-refractivity contribution >= 4 is 79.0 Å². The lowest BCUT2D eigenvalue weighted by Crippen LogP contribution is -1.98. The van der Waals surface area contributed by atoms with Gasteiger partial charge in [0.05, 0.1) is 26.9 Å². The van der Waals surface area contributed by atoms with Crippen LogP contribution >= 0.6 is 46.1 Å². The number of hydrogen-bond acceptors (Lipinski definition) is 4. The van der Waals surface area contributed by atoms with Crippen LogP contribution in [0.2, 0.25) is 0 Å². The fourth-order valence-corrected chi connectivity index (χ4v) is 4.11. The lowest BCUT2D eigenvalue weighted by Gasteiger charge is -2.08. The molecule has 0 saturated carbocycles. The molecule has 29 heavy (non-hydrogen) atoms. The topological polar surface area (TPSA) is 43.6 Å². The maximum Gasteiger partial charge on any atom is 0.180 e. The second-order valence-electron chi connectivity index (χ2n) is 6.06. The lowest BCUT2D eigenvalue weighted by molar-refractivity contribution is 0.866. The molecule has 8 heteroatoms. The number of benzene rings is 1. The SMILES string of the molecule is C=CCn1c(-c2cccs2)nc2c3cccnc3c3ncccc3c21.ClC(Cl)Cl. The molecule has 5 rings (SSSR count). The molecule has 5 aromatic rings. The highest BCUT2D eigenvalue weighted by Crippen LogP contribution is 2.36. The van der Waals surface area contributed by atoms with E-state index in [0.29, 0.717) is 6.54 Å². The second-order valence-corrected chi connectivity index (χ2v) is 8.98. The van der Waals surface area contributed by atoms with Gasteiger partial charge in [0.25, 0.3) is 0 Å². The fourth-order valence-electron chi connectivity index (χ4n) is 3.38. The van der Waals surface area contributed by atoms with Crippen molar-refractivity contribution in [3.63, 3.8) is 0 Å². The maximum atomic E-state index is 5.01. The highest BCUT2D eigenvalue weighted by atomic mass is 35.6. The molecule has 4 heterocycles. The molecule has 0 aliphatic heterocycles. The van der Waals surface area contributed by atoms with Gasteiger partial charge >= 0.3 is 0 Å². The Bertz CT molecular complexity index is 1290. The van der Waals surface area contributed by atoms with E-state index >= 15 is 0 Å². The van der Waals surface area contributed by atoms with Crippen LogP contribution in [-0.4, -0.2) is 23.8 Å². The Hall–Kier alpha value is -2.18. The minimum atomic E-state index is -0.750. The van der Waals surface area contributed by atoms with Crippen LogP contribution in [0.15, 0.2) is 66.8 Å². The Balaban J connectivity index is 0.000000472. The molecule has 4 nitrogen and oxygen atoms in total. The number of rotatable bonds is 3. The highest BCUT2D eigenvalue weighted by Gasteiger charge is 2.19. The number of nitrogens with zero attached hydrogens (tertiary/aromatic N) is 4. The molecule has 0 bridgehead atoms. The van der Waals surface area contributed by atoms with Gasteiger partial charge in [-0.15, -0.1) is 17.9 Å². The van der Waals surface area contributed by atoms with Crippen molar-refractivity contribution in [2.24, 2.45) is 0 Å². The van der Waals surface area contributed by atoms with Gasteiger partial charge in [0.15, 0.2) is 10.1 Å². The summed E-state index contributed by atoms with van der Waals surface area (Å²) >= 11 is 16.1. The van der Waals surface area contributed by atoms with Crippen molar-refractivity contribution in [3.8, 4) is 10.7 Å². The van der Waals surface area contributed by atoms with Crippen LogP contribution in [0.1, 0.15) is 0 Å². The van der Waals surface area contributed by atoms with Crippen molar-refractivity contribution in [2.45, 2.75) is 10.8 Å². The number of allylic oxidation sites excluding steroid dienone is 1. The van der Waals surface area contributed by atoms with Crippen molar-refractivity contribution < 1.29 is 0 Å². The summed E-state index contributed by atoms with van der Waals surface area (Å²) in [6.07, 6.45) is 5.54. The molecule has 0 aliphatic carbocycles. The molecule has 0 amide bonds. The van der Waals surface area contributed by atoms with Gasteiger partial charge in [-0.25, -0.2) is 4.98 Å². The van der Waals surface area contributed by atoms with Gasteiger partial charge in [-0.05, 0) is 35.7 Å². The number of hydrogen-bond donors (Lipinski definition) is 0. The van der Waals surface area contributed by atoms with E-state index < -0.39 is 4.30 Å². The Morgan fingerprint density at radius 3 is 2.24 bits per heavy atom. The van der Waals surface area contributed by atoms with E-state index in [2.05, 4.69) is 50.8 Å². The summed E-state index contributed by atoms with van der Waals surface area (Å²) in [6.45, 7) is 4.63. The molecular formula is C21H15Cl3N4S. The molecule has 0 aliphatic rings. The van der Waals surface area contributed by atoms with Gasteiger partial charge < -0.3 is 4.57 Å². The lowest BCUT2D eigenvalue weighted by atomic mass is 10.1. The van der Waals surface area contributed by atoms with E-state index in [-0.39, 0.29) is 0 Å². The van der Waals surface area contributed by atoms with E-state index in [1.165, 1.54) is 0 Å². The summed E-state index contributed by atoms with van der Waals surface area (Å²) in [5, 5.41) is 4.18. The Kier molecular flexibility index (Phi) is 6.01. The number of imidazole rings is 1. The van der Waals surface area contributed by atoms with E-state index in [4.69, 9.17) is 39.8 Å². The normalized spacial score (nSPS) is 11.2. The van der Waals surface area contributed by atoms with Crippen LogP contribution in [0.25, 0.3) is 43.5 Å². The summed E-state index contributed by atoms with van der Waals surface area (Å²) in [7, 11) is 0. The summed E-state index contributed by atoms with van der Waals surface area (Å²) < 4.78 is 1.48. The third-order valence-electron chi connectivity index (χ3n) is 4.37. The van der Waals surface area contributed by atoms with Crippen LogP contribution < -0.4 is 0 Å². The summed E-state index contributed by atoms with van der Waals surface area (Å²) in [6, 6.07) is 12.2. The number of aromatic nitrogens is 4. The zero-order valence-corrected chi connectivity index (χ0v) is 18.2. The van der Waals surface area contributed by atoms with Crippen LogP contribution in [0, 0.1) is 0 Å². The van der Waals surface area contributed by atoms with Gasteiger partial charge in [0, 0.05) is 29.7 Å². The molecule has 0 unspecified atom stereocenters. The Labute approximate surface area is 186 Å². The molecule has 0 saturated heterocycles. The van der Waals surface area contributed by atoms with Crippen molar-refractivity contribution in [2.75, 3.05) is 0 Å². The smallest absolute Gasteiger partial charge is 0.180 e. The van der Waals surface area contributed by atoms with Gasteiger partial charge in [-0.2, -0.15) is 0 Å². The third-order valence-corrected chi connectivity index (χ3v) is 5.24. The Morgan fingerprint density at radius 1 is 0.966 bits per heavy atom. The number of alkyl halides is 3. The zero-order chi connectivity index (χ0) is 20.4.